The van der Waals surface area contributed by atoms with Crippen LogP contribution in [0, 0.1) is 0 Å². The van der Waals surface area contributed by atoms with Crippen molar-refractivity contribution in [2.45, 2.75) is 43.5 Å². The maximum Gasteiger partial charge on any atom is 0.254 e. The van der Waals surface area contributed by atoms with E-state index in [1.807, 2.05) is 0 Å². The first-order valence-corrected chi connectivity index (χ1v) is 14.4. The standard InChI is InChI=1S/C21H30N2O7S2/c1-29-20-14-16(6-7-19(20)30-17-4-2-3-5-17)21(24)22-9-11-23(12-10-22)32(27,28)18-8-13-31(25,26)15-18/h6-7,14,17-18H,2-5,8-13,15H2,1H3. The monoisotopic (exact) mass is 486 g/mol. The molecule has 2 heterocycles. The number of nitrogens with zero attached hydrogens (tertiary/aromatic N) is 2. The van der Waals surface area contributed by atoms with Crippen molar-refractivity contribution in [1.29, 1.82) is 0 Å². The van der Waals surface area contributed by atoms with Gasteiger partial charge in [-0.05, 0) is 50.3 Å². The molecule has 0 N–H and O–H groups in total. The van der Waals surface area contributed by atoms with Crippen molar-refractivity contribution in [1.82, 2.24) is 9.21 Å². The van der Waals surface area contributed by atoms with E-state index in [1.54, 1.807) is 23.1 Å². The van der Waals surface area contributed by atoms with Crippen LogP contribution in [0.3, 0.4) is 0 Å². The maximum atomic E-state index is 13.0. The summed E-state index contributed by atoms with van der Waals surface area (Å²) in [6.07, 6.45) is 4.66. The Labute approximate surface area is 189 Å². The summed E-state index contributed by atoms with van der Waals surface area (Å²) in [6, 6.07) is 5.13. The van der Waals surface area contributed by atoms with E-state index in [0.29, 0.717) is 17.1 Å². The van der Waals surface area contributed by atoms with E-state index in [1.165, 1.54) is 11.4 Å². The van der Waals surface area contributed by atoms with E-state index in [4.69, 9.17) is 9.47 Å². The van der Waals surface area contributed by atoms with Gasteiger partial charge in [0.25, 0.3) is 5.91 Å². The van der Waals surface area contributed by atoms with Crippen LogP contribution in [0.5, 0.6) is 11.5 Å². The molecular weight excluding hydrogens is 456 g/mol. The van der Waals surface area contributed by atoms with Crippen LogP contribution in [0.15, 0.2) is 18.2 Å². The molecule has 2 saturated heterocycles. The molecule has 11 heteroatoms. The average molecular weight is 487 g/mol. The summed E-state index contributed by atoms with van der Waals surface area (Å²) in [7, 11) is -5.44. The summed E-state index contributed by atoms with van der Waals surface area (Å²) in [5.41, 5.74) is 0.457. The van der Waals surface area contributed by atoms with Crippen LogP contribution in [0.2, 0.25) is 0 Å². The van der Waals surface area contributed by atoms with Gasteiger partial charge in [-0.3, -0.25) is 4.79 Å². The quantitative estimate of drug-likeness (QED) is 0.596. The number of carbonyl (C=O) groups excluding carboxylic acids is 1. The Morgan fingerprint density at radius 3 is 2.31 bits per heavy atom. The zero-order valence-electron chi connectivity index (χ0n) is 18.2. The van der Waals surface area contributed by atoms with Gasteiger partial charge in [0.1, 0.15) is 0 Å². The van der Waals surface area contributed by atoms with Gasteiger partial charge in [0.15, 0.2) is 21.3 Å². The first kappa shape index (κ1) is 23.3. The van der Waals surface area contributed by atoms with Crippen molar-refractivity contribution in [2.75, 3.05) is 44.8 Å². The molecule has 1 saturated carbocycles. The predicted octanol–water partition coefficient (Wildman–Crippen LogP) is 1.29. The maximum absolute atomic E-state index is 13.0. The summed E-state index contributed by atoms with van der Waals surface area (Å²) >= 11 is 0. The second-order valence-corrected chi connectivity index (χ2v) is 13.1. The number of hydrogen-bond donors (Lipinski definition) is 0. The molecule has 1 aliphatic carbocycles. The van der Waals surface area contributed by atoms with Crippen LogP contribution in [-0.2, 0) is 19.9 Å². The number of piperazine rings is 1. The fourth-order valence-electron chi connectivity index (χ4n) is 4.62. The third-order valence-electron chi connectivity index (χ3n) is 6.50. The van der Waals surface area contributed by atoms with Crippen molar-refractivity contribution in [2.24, 2.45) is 0 Å². The fourth-order valence-corrected chi connectivity index (χ4v) is 9.13. The number of hydrogen-bond acceptors (Lipinski definition) is 7. The number of amides is 1. The lowest BCUT2D eigenvalue weighted by Crippen LogP contribution is -2.52. The Balaban J connectivity index is 1.39. The molecule has 1 atom stereocenters. The van der Waals surface area contributed by atoms with Gasteiger partial charge in [0, 0.05) is 31.7 Å². The minimum atomic E-state index is -3.69. The molecule has 3 fully saturated rings. The van der Waals surface area contributed by atoms with E-state index < -0.39 is 25.1 Å². The highest BCUT2D eigenvalue weighted by Gasteiger charge is 2.41. The van der Waals surface area contributed by atoms with Gasteiger partial charge in [-0.2, -0.15) is 4.31 Å². The molecule has 1 unspecified atom stereocenters. The lowest BCUT2D eigenvalue weighted by Gasteiger charge is -2.35. The largest absolute Gasteiger partial charge is 0.493 e. The normalized spacial score (nSPS) is 24.5. The molecule has 178 valence electrons. The molecule has 0 bridgehead atoms. The number of sulfonamides is 1. The Morgan fingerprint density at radius 2 is 1.72 bits per heavy atom. The number of benzene rings is 1. The SMILES string of the molecule is COc1cc(C(=O)N2CCN(S(=O)(=O)C3CCS(=O)(=O)C3)CC2)ccc1OC1CCCC1. The number of carbonyl (C=O) groups is 1. The highest BCUT2D eigenvalue weighted by atomic mass is 32.2. The van der Waals surface area contributed by atoms with Crippen molar-refractivity contribution in [3.8, 4) is 11.5 Å². The third kappa shape index (κ3) is 4.89. The summed E-state index contributed by atoms with van der Waals surface area (Å²) < 4.78 is 61.8. The van der Waals surface area contributed by atoms with Crippen molar-refractivity contribution in [3.63, 3.8) is 0 Å². The van der Waals surface area contributed by atoms with Crippen molar-refractivity contribution >= 4 is 25.8 Å². The van der Waals surface area contributed by atoms with Gasteiger partial charge in [0.05, 0.1) is 30.0 Å². The Morgan fingerprint density at radius 1 is 1.03 bits per heavy atom. The van der Waals surface area contributed by atoms with Crippen LogP contribution < -0.4 is 9.47 Å². The number of ether oxygens (including phenoxy) is 2. The van der Waals surface area contributed by atoms with Crippen molar-refractivity contribution < 1.29 is 31.1 Å². The van der Waals surface area contributed by atoms with E-state index in [2.05, 4.69) is 0 Å². The topological polar surface area (TPSA) is 110 Å². The van der Waals surface area contributed by atoms with Gasteiger partial charge < -0.3 is 14.4 Å². The molecule has 3 aliphatic rings. The van der Waals surface area contributed by atoms with Gasteiger partial charge in [-0.15, -0.1) is 0 Å². The first-order chi connectivity index (χ1) is 15.2. The second kappa shape index (κ2) is 9.18. The van der Waals surface area contributed by atoms with Gasteiger partial charge in [0.2, 0.25) is 10.0 Å². The third-order valence-corrected chi connectivity index (χ3v) is 10.8. The summed E-state index contributed by atoms with van der Waals surface area (Å²) in [4.78, 5) is 14.6. The van der Waals surface area contributed by atoms with E-state index in [-0.39, 0.29) is 56.1 Å². The summed E-state index contributed by atoms with van der Waals surface area (Å²) in [5.74, 6) is 0.530. The predicted molar refractivity (Wildman–Crippen MR) is 119 cm³/mol. The Kier molecular flexibility index (Phi) is 6.69. The van der Waals surface area contributed by atoms with Crippen LogP contribution >= 0.6 is 0 Å². The number of rotatable bonds is 6. The molecule has 0 spiro atoms. The number of methoxy groups -OCH3 is 1. The minimum absolute atomic E-state index is 0.0857. The first-order valence-electron chi connectivity index (χ1n) is 11.0. The van der Waals surface area contributed by atoms with Gasteiger partial charge in [-0.25, -0.2) is 16.8 Å². The number of sulfone groups is 1. The summed E-state index contributed by atoms with van der Waals surface area (Å²) in [6.45, 7) is 0.815. The Bertz CT molecular complexity index is 1060. The highest BCUT2D eigenvalue weighted by molar-refractivity contribution is 7.95. The molecule has 1 aromatic carbocycles. The van der Waals surface area contributed by atoms with Crippen LogP contribution in [-0.4, -0.2) is 88.1 Å². The smallest absolute Gasteiger partial charge is 0.254 e. The summed E-state index contributed by atoms with van der Waals surface area (Å²) in [5, 5.41) is -0.883. The second-order valence-electron chi connectivity index (χ2n) is 8.65. The molecule has 4 rings (SSSR count). The van der Waals surface area contributed by atoms with Gasteiger partial charge in [-0.1, -0.05) is 0 Å². The lowest BCUT2D eigenvalue weighted by atomic mass is 10.1. The molecule has 2 aliphatic heterocycles. The molecule has 32 heavy (non-hydrogen) atoms. The van der Waals surface area contributed by atoms with E-state index >= 15 is 0 Å². The van der Waals surface area contributed by atoms with E-state index in [0.717, 1.165) is 25.7 Å². The zero-order chi connectivity index (χ0) is 22.9. The average Bonchev–Trinajstić information content (AvgIpc) is 3.43. The highest BCUT2D eigenvalue weighted by Crippen LogP contribution is 2.33. The fraction of sp³-hybridized carbons (Fsp3) is 0.667. The Hall–Kier alpha value is -1.85. The zero-order valence-corrected chi connectivity index (χ0v) is 19.9. The van der Waals surface area contributed by atoms with Crippen LogP contribution in [0.25, 0.3) is 0 Å². The molecule has 1 amide bonds. The molecule has 1 aromatic rings. The van der Waals surface area contributed by atoms with Crippen molar-refractivity contribution in [3.05, 3.63) is 23.8 Å². The lowest BCUT2D eigenvalue weighted by molar-refractivity contribution is 0.0697. The minimum Gasteiger partial charge on any atom is -0.493 e. The molecule has 9 nitrogen and oxygen atoms in total. The van der Waals surface area contributed by atoms with Crippen LogP contribution in [0.1, 0.15) is 42.5 Å². The van der Waals surface area contributed by atoms with Crippen LogP contribution in [0.4, 0.5) is 0 Å². The molecule has 0 aromatic heterocycles. The van der Waals surface area contributed by atoms with E-state index in [9.17, 15) is 21.6 Å². The molecular formula is C21H30N2O7S2. The van der Waals surface area contributed by atoms with Gasteiger partial charge >= 0.3 is 0 Å². The molecule has 0 radical (unpaired) electrons.